The zero-order chi connectivity index (χ0) is 14.6. The lowest BCUT2D eigenvalue weighted by Gasteiger charge is -2.35. The van der Waals surface area contributed by atoms with E-state index in [2.05, 4.69) is 5.32 Å². The predicted octanol–water partition coefficient (Wildman–Crippen LogP) is 2.30. The van der Waals surface area contributed by atoms with Gasteiger partial charge in [0.15, 0.2) is 0 Å². The Balaban J connectivity index is 2.40. The van der Waals surface area contributed by atoms with Crippen molar-refractivity contribution in [1.29, 1.82) is 0 Å². The fourth-order valence-corrected chi connectivity index (χ4v) is 2.57. The molecule has 0 aliphatic rings. The molecule has 106 valence electrons. The van der Waals surface area contributed by atoms with E-state index in [9.17, 15) is 9.50 Å². The van der Waals surface area contributed by atoms with Crippen LogP contribution in [0.4, 0.5) is 4.39 Å². The van der Waals surface area contributed by atoms with Crippen molar-refractivity contribution in [3.63, 3.8) is 0 Å². The van der Waals surface area contributed by atoms with Crippen LogP contribution in [0, 0.1) is 0 Å². The van der Waals surface area contributed by atoms with Crippen LogP contribution in [0.25, 0.3) is 11.0 Å². The molecule has 2 radical (unpaired) electrons. The van der Waals surface area contributed by atoms with Crippen molar-refractivity contribution in [3.8, 4) is 0 Å². The van der Waals surface area contributed by atoms with E-state index in [1.807, 2.05) is 6.07 Å². The number of aliphatic hydroxyl groups is 1. The maximum absolute atomic E-state index is 13.5. The summed E-state index contributed by atoms with van der Waals surface area (Å²) in [6.07, 6.45) is 2.08. The molecule has 2 atom stereocenters. The molecule has 1 heterocycles. The first-order valence-corrected chi connectivity index (χ1v) is 6.94. The van der Waals surface area contributed by atoms with Gasteiger partial charge in [0, 0.05) is 17.3 Å². The standard InChI is InChI=1S/C14H16BClFNO2/c15-9-18-13(3-5-16)14(19,8-17)11-2-1-10-4-6-20-12(10)7-11/h1-2,4,6-7,13,18-19H,3,5,8-9H2. The monoisotopic (exact) mass is 295 g/mol. The first-order valence-electron chi connectivity index (χ1n) is 6.41. The summed E-state index contributed by atoms with van der Waals surface area (Å²) in [5, 5.41) is 14.5. The van der Waals surface area contributed by atoms with Crippen LogP contribution in [0.2, 0.25) is 0 Å². The van der Waals surface area contributed by atoms with Crippen molar-refractivity contribution in [1.82, 2.24) is 5.32 Å². The van der Waals surface area contributed by atoms with Gasteiger partial charge in [0.25, 0.3) is 0 Å². The number of nitrogens with one attached hydrogen (secondary N) is 1. The minimum atomic E-state index is -1.69. The summed E-state index contributed by atoms with van der Waals surface area (Å²) in [7, 11) is 5.46. The second kappa shape index (κ2) is 6.61. The summed E-state index contributed by atoms with van der Waals surface area (Å²) >= 11 is 5.73. The van der Waals surface area contributed by atoms with Gasteiger partial charge in [-0.1, -0.05) is 12.1 Å². The molecule has 2 N–H and O–H groups in total. The maximum atomic E-state index is 13.5. The number of furan rings is 1. The molecule has 0 aliphatic heterocycles. The lowest BCUT2D eigenvalue weighted by atomic mass is 9.85. The first kappa shape index (κ1) is 15.4. The van der Waals surface area contributed by atoms with Crippen LogP contribution < -0.4 is 5.32 Å². The Morgan fingerprint density at radius 2 is 2.25 bits per heavy atom. The van der Waals surface area contributed by atoms with Crippen LogP contribution in [-0.4, -0.2) is 38.0 Å². The molecular weight excluding hydrogens is 279 g/mol. The highest BCUT2D eigenvalue weighted by molar-refractivity contribution is 6.17. The summed E-state index contributed by atoms with van der Waals surface area (Å²) in [6, 6.07) is 6.37. The van der Waals surface area contributed by atoms with Crippen LogP contribution >= 0.6 is 11.6 Å². The van der Waals surface area contributed by atoms with E-state index in [4.69, 9.17) is 23.9 Å². The topological polar surface area (TPSA) is 45.4 Å². The summed E-state index contributed by atoms with van der Waals surface area (Å²) in [6.45, 7) is -0.937. The van der Waals surface area contributed by atoms with Crippen LogP contribution in [0.15, 0.2) is 34.9 Å². The predicted molar refractivity (Wildman–Crippen MR) is 79.0 cm³/mol. The minimum Gasteiger partial charge on any atom is -0.464 e. The van der Waals surface area contributed by atoms with E-state index in [1.165, 1.54) is 0 Å². The van der Waals surface area contributed by atoms with Crippen molar-refractivity contribution in [2.75, 3.05) is 19.0 Å². The van der Waals surface area contributed by atoms with Gasteiger partial charge >= 0.3 is 0 Å². The molecule has 0 bridgehead atoms. The molecule has 0 amide bonds. The van der Waals surface area contributed by atoms with E-state index >= 15 is 0 Å². The molecule has 1 aromatic carbocycles. The average Bonchev–Trinajstić information content (AvgIpc) is 2.93. The van der Waals surface area contributed by atoms with Gasteiger partial charge in [0.1, 0.15) is 17.9 Å². The van der Waals surface area contributed by atoms with Gasteiger partial charge in [-0.3, -0.25) is 0 Å². The number of alkyl halides is 2. The SMILES string of the molecule is [B]CNC(CCCl)C(O)(CF)c1ccc2ccoc2c1. The molecule has 0 fully saturated rings. The van der Waals surface area contributed by atoms with Gasteiger partial charge < -0.3 is 14.8 Å². The molecule has 0 saturated heterocycles. The van der Waals surface area contributed by atoms with Gasteiger partial charge in [0.2, 0.25) is 0 Å². The number of hydrogen-bond acceptors (Lipinski definition) is 3. The van der Waals surface area contributed by atoms with Crippen molar-refractivity contribution in [3.05, 3.63) is 36.1 Å². The number of hydrogen-bond donors (Lipinski definition) is 2. The highest BCUT2D eigenvalue weighted by Gasteiger charge is 2.38. The third kappa shape index (κ3) is 2.85. The second-order valence-electron chi connectivity index (χ2n) is 4.67. The van der Waals surface area contributed by atoms with E-state index in [1.54, 1.807) is 24.5 Å². The molecule has 2 aromatic rings. The lowest BCUT2D eigenvalue weighted by Crippen LogP contribution is -2.50. The lowest BCUT2D eigenvalue weighted by molar-refractivity contribution is -0.0244. The Morgan fingerprint density at radius 1 is 1.45 bits per heavy atom. The molecule has 3 nitrogen and oxygen atoms in total. The third-order valence-electron chi connectivity index (χ3n) is 3.50. The third-order valence-corrected chi connectivity index (χ3v) is 3.72. The number of rotatable bonds is 7. The normalized spacial score (nSPS) is 16.1. The van der Waals surface area contributed by atoms with Crippen molar-refractivity contribution >= 4 is 30.4 Å². The summed E-state index contributed by atoms with van der Waals surface area (Å²) in [5.41, 5.74) is -0.639. The Hall–Kier alpha value is -1.04. The number of benzene rings is 1. The Labute approximate surface area is 123 Å². The van der Waals surface area contributed by atoms with Crippen LogP contribution in [-0.2, 0) is 5.60 Å². The Bertz CT molecular complexity index is 559. The molecule has 1 aromatic heterocycles. The van der Waals surface area contributed by atoms with Crippen molar-refractivity contribution < 1.29 is 13.9 Å². The Kier molecular flexibility index (Phi) is 5.08. The van der Waals surface area contributed by atoms with Gasteiger partial charge in [-0.25, -0.2) is 4.39 Å². The first-order chi connectivity index (χ1) is 9.65. The number of fused-ring (bicyclic) bond motifs is 1. The highest BCUT2D eigenvalue weighted by atomic mass is 35.5. The molecule has 6 heteroatoms. The highest BCUT2D eigenvalue weighted by Crippen LogP contribution is 2.30. The van der Waals surface area contributed by atoms with Gasteiger partial charge in [-0.05, 0) is 30.6 Å². The largest absolute Gasteiger partial charge is 0.464 e. The van der Waals surface area contributed by atoms with Gasteiger partial charge in [0.05, 0.1) is 14.1 Å². The maximum Gasteiger partial charge on any atom is 0.134 e. The van der Waals surface area contributed by atoms with E-state index in [-0.39, 0.29) is 6.44 Å². The molecule has 2 rings (SSSR count). The van der Waals surface area contributed by atoms with Crippen LogP contribution in [0.3, 0.4) is 0 Å². The smallest absolute Gasteiger partial charge is 0.134 e. The molecule has 0 aliphatic carbocycles. The fraction of sp³-hybridized carbons (Fsp3) is 0.429. The van der Waals surface area contributed by atoms with Gasteiger partial charge in [-0.2, -0.15) is 0 Å². The van der Waals surface area contributed by atoms with E-state index in [0.717, 1.165) is 5.39 Å². The molecule has 0 saturated carbocycles. The fourth-order valence-electron chi connectivity index (χ4n) is 2.36. The zero-order valence-corrected chi connectivity index (χ0v) is 11.7. The zero-order valence-electron chi connectivity index (χ0n) is 11.0. The van der Waals surface area contributed by atoms with Crippen molar-refractivity contribution in [2.45, 2.75) is 18.1 Å². The summed E-state index contributed by atoms with van der Waals surface area (Å²) in [5.74, 6) is 0.295. The second-order valence-corrected chi connectivity index (χ2v) is 5.05. The molecular formula is C14H16BClFNO2. The van der Waals surface area contributed by atoms with Gasteiger partial charge in [-0.15, -0.1) is 11.6 Å². The molecule has 20 heavy (non-hydrogen) atoms. The quantitative estimate of drug-likeness (QED) is 0.608. The molecule has 0 spiro atoms. The Morgan fingerprint density at radius 3 is 2.90 bits per heavy atom. The van der Waals surface area contributed by atoms with Crippen LogP contribution in [0.1, 0.15) is 12.0 Å². The van der Waals surface area contributed by atoms with Crippen LogP contribution in [0.5, 0.6) is 0 Å². The van der Waals surface area contributed by atoms with Crippen molar-refractivity contribution in [2.24, 2.45) is 0 Å². The summed E-state index contributed by atoms with van der Waals surface area (Å²) in [4.78, 5) is 0. The average molecular weight is 296 g/mol. The van der Waals surface area contributed by atoms with E-state index < -0.39 is 18.3 Å². The molecule has 2 unspecified atom stereocenters. The number of halogens is 2. The minimum absolute atomic E-state index is 0.132. The van der Waals surface area contributed by atoms with E-state index in [0.29, 0.717) is 23.4 Å². The summed E-state index contributed by atoms with van der Waals surface area (Å²) < 4.78 is 18.8.